The number of piperazine rings is 1. The van der Waals surface area contributed by atoms with Crippen LogP contribution < -0.4 is 15.0 Å². The first-order chi connectivity index (χ1) is 14.7. The highest BCUT2D eigenvalue weighted by molar-refractivity contribution is 6.06. The predicted octanol–water partition coefficient (Wildman–Crippen LogP) is 4.27. The quantitative estimate of drug-likeness (QED) is 0.670. The van der Waals surface area contributed by atoms with Crippen LogP contribution in [0.4, 0.5) is 11.4 Å². The second-order valence-corrected chi connectivity index (χ2v) is 7.45. The maximum absolute atomic E-state index is 12.5. The van der Waals surface area contributed by atoms with Gasteiger partial charge >= 0.3 is 0 Å². The predicted molar refractivity (Wildman–Crippen MR) is 121 cm³/mol. The SMILES string of the molecule is COc1ccccc1C(=O)Nc1ccc(CN2CCN(c3ccccc3)CC2)cc1. The van der Waals surface area contributed by atoms with Gasteiger partial charge in [-0.25, -0.2) is 0 Å². The summed E-state index contributed by atoms with van der Waals surface area (Å²) in [7, 11) is 1.57. The number of carbonyl (C=O) groups is 1. The highest BCUT2D eigenvalue weighted by Crippen LogP contribution is 2.20. The number of hydrogen-bond acceptors (Lipinski definition) is 4. The minimum atomic E-state index is -0.169. The van der Waals surface area contributed by atoms with Crippen LogP contribution >= 0.6 is 0 Å². The van der Waals surface area contributed by atoms with Crippen molar-refractivity contribution in [2.24, 2.45) is 0 Å². The van der Waals surface area contributed by atoms with Crippen molar-refractivity contribution in [1.29, 1.82) is 0 Å². The van der Waals surface area contributed by atoms with Gasteiger partial charge < -0.3 is 15.0 Å². The van der Waals surface area contributed by atoms with E-state index in [4.69, 9.17) is 4.74 Å². The average molecular weight is 402 g/mol. The molecule has 1 N–H and O–H groups in total. The zero-order chi connectivity index (χ0) is 20.8. The highest BCUT2D eigenvalue weighted by Gasteiger charge is 2.17. The van der Waals surface area contributed by atoms with Gasteiger partial charge in [-0.05, 0) is 42.0 Å². The second kappa shape index (κ2) is 9.46. The van der Waals surface area contributed by atoms with Crippen molar-refractivity contribution in [2.45, 2.75) is 6.54 Å². The van der Waals surface area contributed by atoms with E-state index in [0.717, 1.165) is 38.4 Å². The molecule has 0 saturated carbocycles. The fourth-order valence-electron chi connectivity index (χ4n) is 3.79. The number of anilines is 2. The van der Waals surface area contributed by atoms with E-state index in [1.807, 2.05) is 24.3 Å². The van der Waals surface area contributed by atoms with E-state index in [1.54, 1.807) is 19.2 Å². The summed E-state index contributed by atoms with van der Waals surface area (Å²) in [5, 5.41) is 2.95. The van der Waals surface area contributed by atoms with Crippen LogP contribution in [-0.2, 0) is 6.54 Å². The maximum atomic E-state index is 12.5. The first-order valence-electron chi connectivity index (χ1n) is 10.3. The normalized spacial score (nSPS) is 14.4. The number of amides is 1. The molecule has 3 aromatic carbocycles. The van der Waals surface area contributed by atoms with E-state index >= 15 is 0 Å². The summed E-state index contributed by atoms with van der Waals surface area (Å²) < 4.78 is 5.27. The Morgan fingerprint density at radius 2 is 1.53 bits per heavy atom. The molecule has 1 amide bonds. The molecule has 0 aromatic heterocycles. The summed E-state index contributed by atoms with van der Waals surface area (Å²) in [6.45, 7) is 5.08. The first kappa shape index (κ1) is 20.0. The molecular weight excluding hydrogens is 374 g/mol. The molecule has 0 aliphatic carbocycles. The van der Waals surface area contributed by atoms with Crippen LogP contribution in [0.5, 0.6) is 5.75 Å². The third-order valence-corrected chi connectivity index (χ3v) is 5.46. The smallest absolute Gasteiger partial charge is 0.259 e. The molecule has 5 nitrogen and oxygen atoms in total. The van der Waals surface area contributed by atoms with E-state index < -0.39 is 0 Å². The fraction of sp³-hybridized carbons (Fsp3) is 0.240. The van der Waals surface area contributed by atoms with Crippen molar-refractivity contribution >= 4 is 17.3 Å². The van der Waals surface area contributed by atoms with E-state index in [-0.39, 0.29) is 5.91 Å². The van der Waals surface area contributed by atoms with Crippen LogP contribution in [0.25, 0.3) is 0 Å². The summed E-state index contributed by atoms with van der Waals surface area (Å²) in [5.41, 5.74) is 3.86. The summed E-state index contributed by atoms with van der Waals surface area (Å²) in [5.74, 6) is 0.401. The molecule has 1 aliphatic rings. The van der Waals surface area contributed by atoms with E-state index in [1.165, 1.54) is 11.3 Å². The van der Waals surface area contributed by atoms with Gasteiger partial charge in [0.15, 0.2) is 0 Å². The van der Waals surface area contributed by atoms with Crippen LogP contribution in [0.1, 0.15) is 15.9 Å². The number of methoxy groups -OCH3 is 1. The lowest BCUT2D eigenvalue weighted by Crippen LogP contribution is -2.45. The van der Waals surface area contributed by atoms with E-state index in [9.17, 15) is 4.79 Å². The fourth-order valence-corrected chi connectivity index (χ4v) is 3.79. The second-order valence-electron chi connectivity index (χ2n) is 7.45. The molecule has 30 heavy (non-hydrogen) atoms. The van der Waals surface area contributed by atoms with Crippen LogP contribution in [0.2, 0.25) is 0 Å². The zero-order valence-corrected chi connectivity index (χ0v) is 17.3. The van der Waals surface area contributed by atoms with Crippen molar-refractivity contribution in [3.63, 3.8) is 0 Å². The minimum Gasteiger partial charge on any atom is -0.496 e. The molecule has 0 unspecified atom stereocenters. The van der Waals surface area contributed by atoms with Gasteiger partial charge in [0, 0.05) is 44.1 Å². The van der Waals surface area contributed by atoms with Crippen molar-refractivity contribution in [2.75, 3.05) is 43.5 Å². The monoisotopic (exact) mass is 401 g/mol. The number of nitrogens with zero attached hydrogens (tertiary/aromatic N) is 2. The Labute approximate surface area is 177 Å². The number of nitrogens with one attached hydrogen (secondary N) is 1. The third kappa shape index (κ3) is 4.81. The van der Waals surface area contributed by atoms with Gasteiger partial charge in [0.2, 0.25) is 0 Å². The van der Waals surface area contributed by atoms with Gasteiger partial charge in [0.25, 0.3) is 5.91 Å². The molecule has 154 valence electrons. The van der Waals surface area contributed by atoms with Crippen molar-refractivity contribution in [1.82, 2.24) is 4.90 Å². The number of ether oxygens (including phenoxy) is 1. The van der Waals surface area contributed by atoms with E-state index in [2.05, 4.69) is 57.6 Å². The van der Waals surface area contributed by atoms with Gasteiger partial charge in [-0.3, -0.25) is 9.69 Å². The molecule has 1 fully saturated rings. The number of hydrogen-bond donors (Lipinski definition) is 1. The lowest BCUT2D eigenvalue weighted by atomic mass is 10.1. The molecule has 4 rings (SSSR count). The molecule has 0 bridgehead atoms. The zero-order valence-electron chi connectivity index (χ0n) is 17.3. The lowest BCUT2D eigenvalue weighted by molar-refractivity contribution is 0.102. The molecule has 3 aromatic rings. The Kier molecular flexibility index (Phi) is 6.30. The third-order valence-electron chi connectivity index (χ3n) is 5.46. The van der Waals surface area contributed by atoms with Crippen molar-refractivity contribution < 1.29 is 9.53 Å². The molecule has 0 spiro atoms. The van der Waals surface area contributed by atoms with Crippen molar-refractivity contribution in [3.05, 3.63) is 90.0 Å². The Morgan fingerprint density at radius 3 is 2.23 bits per heavy atom. The number of carbonyl (C=O) groups excluding carboxylic acids is 1. The largest absolute Gasteiger partial charge is 0.496 e. The van der Waals surface area contributed by atoms with Gasteiger partial charge in [0.1, 0.15) is 5.75 Å². The molecular formula is C25H27N3O2. The molecule has 1 heterocycles. The Balaban J connectivity index is 1.30. The summed E-state index contributed by atoms with van der Waals surface area (Å²) in [6.07, 6.45) is 0. The van der Waals surface area contributed by atoms with Gasteiger partial charge in [0.05, 0.1) is 12.7 Å². The summed E-state index contributed by atoms with van der Waals surface area (Å²) in [4.78, 5) is 17.5. The van der Waals surface area contributed by atoms with Crippen LogP contribution in [0.15, 0.2) is 78.9 Å². The lowest BCUT2D eigenvalue weighted by Gasteiger charge is -2.36. The van der Waals surface area contributed by atoms with Crippen LogP contribution in [-0.4, -0.2) is 44.1 Å². The van der Waals surface area contributed by atoms with Gasteiger partial charge in [-0.2, -0.15) is 0 Å². The number of rotatable bonds is 6. The molecule has 5 heteroatoms. The Bertz CT molecular complexity index is 965. The number of benzene rings is 3. The van der Waals surface area contributed by atoms with Crippen molar-refractivity contribution in [3.8, 4) is 5.75 Å². The Morgan fingerprint density at radius 1 is 0.867 bits per heavy atom. The topological polar surface area (TPSA) is 44.8 Å². The maximum Gasteiger partial charge on any atom is 0.259 e. The van der Waals surface area contributed by atoms with Crippen LogP contribution in [0, 0.1) is 0 Å². The molecule has 0 atom stereocenters. The summed E-state index contributed by atoms with van der Waals surface area (Å²) in [6, 6.07) is 25.9. The average Bonchev–Trinajstić information content (AvgIpc) is 2.81. The summed E-state index contributed by atoms with van der Waals surface area (Å²) >= 11 is 0. The first-order valence-corrected chi connectivity index (χ1v) is 10.3. The standard InChI is InChI=1S/C25H27N3O2/c1-30-24-10-6-5-9-23(24)25(29)26-21-13-11-20(12-14-21)19-27-15-17-28(18-16-27)22-7-3-2-4-8-22/h2-14H,15-19H2,1H3,(H,26,29). The van der Waals surface area contributed by atoms with Gasteiger partial charge in [-0.15, -0.1) is 0 Å². The molecule has 1 aliphatic heterocycles. The molecule has 1 saturated heterocycles. The van der Waals surface area contributed by atoms with Crippen LogP contribution in [0.3, 0.4) is 0 Å². The highest BCUT2D eigenvalue weighted by atomic mass is 16.5. The van der Waals surface area contributed by atoms with E-state index in [0.29, 0.717) is 11.3 Å². The number of para-hydroxylation sites is 2. The Hall–Kier alpha value is -3.31. The minimum absolute atomic E-state index is 0.169. The van der Waals surface area contributed by atoms with Gasteiger partial charge in [-0.1, -0.05) is 42.5 Å². The molecule has 0 radical (unpaired) electrons.